The standard InChI is InChI=1S/C15H9F4N3O/c16-12-6-5-9(7-11(12)14-20-8-21-22-14)10-3-1-2-4-13(10)23-15(17,18)19/h1-8H,(H,20,21,22). The Morgan fingerprint density at radius 3 is 2.48 bits per heavy atom. The molecule has 0 aliphatic rings. The molecule has 0 bridgehead atoms. The Morgan fingerprint density at radius 2 is 1.78 bits per heavy atom. The van der Waals surface area contributed by atoms with Gasteiger partial charge in [0, 0.05) is 5.56 Å². The first-order chi connectivity index (χ1) is 10.9. The summed E-state index contributed by atoms with van der Waals surface area (Å²) in [4.78, 5) is 3.85. The summed E-state index contributed by atoms with van der Waals surface area (Å²) in [5.74, 6) is -0.756. The second-order valence-corrected chi connectivity index (χ2v) is 4.57. The van der Waals surface area contributed by atoms with Gasteiger partial charge in [-0.15, -0.1) is 13.2 Å². The number of halogens is 4. The Hall–Kier alpha value is -2.90. The second-order valence-electron chi connectivity index (χ2n) is 4.57. The van der Waals surface area contributed by atoms with Crippen LogP contribution in [0.5, 0.6) is 5.75 Å². The van der Waals surface area contributed by atoms with Crippen molar-refractivity contribution in [2.45, 2.75) is 6.36 Å². The molecular weight excluding hydrogens is 314 g/mol. The number of alkyl halides is 3. The van der Waals surface area contributed by atoms with Gasteiger partial charge in [0.1, 0.15) is 17.9 Å². The van der Waals surface area contributed by atoms with Gasteiger partial charge in [0.2, 0.25) is 0 Å². The monoisotopic (exact) mass is 323 g/mol. The highest BCUT2D eigenvalue weighted by Crippen LogP contribution is 2.35. The van der Waals surface area contributed by atoms with Gasteiger partial charge in [-0.2, -0.15) is 5.10 Å². The van der Waals surface area contributed by atoms with E-state index in [0.717, 1.165) is 6.07 Å². The van der Waals surface area contributed by atoms with Crippen LogP contribution in [0.15, 0.2) is 48.8 Å². The van der Waals surface area contributed by atoms with Gasteiger partial charge in [0.25, 0.3) is 0 Å². The van der Waals surface area contributed by atoms with Crippen LogP contribution in [0.25, 0.3) is 22.5 Å². The van der Waals surface area contributed by atoms with Crippen molar-refractivity contribution in [2.75, 3.05) is 0 Å². The SMILES string of the molecule is Fc1ccc(-c2ccccc2OC(F)(F)F)cc1-c1ncn[nH]1. The summed E-state index contributed by atoms with van der Waals surface area (Å²) < 4.78 is 55.4. The molecule has 1 N–H and O–H groups in total. The third-order valence-corrected chi connectivity index (χ3v) is 3.06. The lowest BCUT2D eigenvalue weighted by Crippen LogP contribution is -2.17. The zero-order valence-electron chi connectivity index (χ0n) is 11.4. The van der Waals surface area contributed by atoms with Crippen LogP contribution in [0.3, 0.4) is 0 Å². The smallest absolute Gasteiger partial charge is 0.405 e. The molecular formula is C15H9F4N3O. The Kier molecular flexibility index (Phi) is 3.73. The summed E-state index contributed by atoms with van der Waals surface area (Å²) in [5, 5.41) is 6.15. The summed E-state index contributed by atoms with van der Waals surface area (Å²) in [6, 6.07) is 9.54. The third-order valence-electron chi connectivity index (χ3n) is 3.06. The van der Waals surface area contributed by atoms with E-state index in [1.54, 1.807) is 6.07 Å². The number of H-pyrrole nitrogens is 1. The molecule has 3 rings (SSSR count). The van der Waals surface area contributed by atoms with Gasteiger partial charge >= 0.3 is 6.36 Å². The molecule has 0 amide bonds. The Balaban J connectivity index is 2.08. The molecule has 0 radical (unpaired) electrons. The van der Waals surface area contributed by atoms with E-state index in [-0.39, 0.29) is 22.7 Å². The lowest BCUT2D eigenvalue weighted by molar-refractivity contribution is -0.274. The van der Waals surface area contributed by atoms with Crippen molar-refractivity contribution >= 4 is 0 Å². The molecule has 1 aromatic heterocycles. The van der Waals surface area contributed by atoms with Crippen molar-refractivity contribution in [1.29, 1.82) is 0 Å². The molecule has 0 unspecified atom stereocenters. The van der Waals surface area contributed by atoms with Gasteiger partial charge < -0.3 is 4.74 Å². The molecule has 0 aliphatic heterocycles. The average Bonchev–Trinajstić information content (AvgIpc) is 3.01. The highest BCUT2D eigenvalue weighted by atomic mass is 19.4. The summed E-state index contributed by atoms with van der Waals surface area (Å²) in [6.07, 6.45) is -3.61. The number of hydrogen-bond donors (Lipinski definition) is 1. The van der Waals surface area contributed by atoms with Crippen LogP contribution in [0.2, 0.25) is 0 Å². The van der Waals surface area contributed by atoms with Gasteiger partial charge in [0.05, 0.1) is 5.56 Å². The molecule has 3 aromatic rings. The number of hydrogen-bond acceptors (Lipinski definition) is 3. The summed E-state index contributed by atoms with van der Waals surface area (Å²) >= 11 is 0. The summed E-state index contributed by atoms with van der Waals surface area (Å²) in [6.45, 7) is 0. The first-order valence-electron chi connectivity index (χ1n) is 6.44. The number of para-hydroxylation sites is 1. The molecule has 0 atom stereocenters. The van der Waals surface area contributed by atoms with Crippen LogP contribution in [0.1, 0.15) is 0 Å². The minimum atomic E-state index is -4.82. The largest absolute Gasteiger partial charge is 0.573 e. The van der Waals surface area contributed by atoms with Crippen molar-refractivity contribution in [1.82, 2.24) is 15.2 Å². The fourth-order valence-electron chi connectivity index (χ4n) is 2.13. The average molecular weight is 323 g/mol. The first-order valence-corrected chi connectivity index (χ1v) is 6.44. The lowest BCUT2D eigenvalue weighted by atomic mass is 10.0. The Morgan fingerprint density at radius 1 is 1.00 bits per heavy atom. The number of aromatic amines is 1. The molecule has 0 fully saturated rings. The van der Waals surface area contributed by atoms with Crippen molar-refractivity contribution in [3.8, 4) is 28.3 Å². The van der Waals surface area contributed by atoms with Crippen LogP contribution >= 0.6 is 0 Å². The lowest BCUT2D eigenvalue weighted by Gasteiger charge is -2.13. The Labute approximate surface area is 127 Å². The predicted molar refractivity (Wildman–Crippen MR) is 73.9 cm³/mol. The highest BCUT2D eigenvalue weighted by molar-refractivity contribution is 5.74. The van der Waals surface area contributed by atoms with Gasteiger partial charge in [-0.25, -0.2) is 9.37 Å². The molecule has 0 aliphatic carbocycles. The van der Waals surface area contributed by atoms with Gasteiger partial charge in [-0.3, -0.25) is 5.10 Å². The number of nitrogens with zero attached hydrogens (tertiary/aromatic N) is 2. The second kappa shape index (κ2) is 5.71. The Bertz CT molecular complexity index is 816. The molecule has 0 spiro atoms. The van der Waals surface area contributed by atoms with Crippen LogP contribution in [-0.4, -0.2) is 21.5 Å². The number of ether oxygens (including phenoxy) is 1. The van der Waals surface area contributed by atoms with E-state index in [0.29, 0.717) is 5.56 Å². The molecule has 8 heteroatoms. The number of nitrogens with one attached hydrogen (secondary N) is 1. The topological polar surface area (TPSA) is 50.8 Å². The third kappa shape index (κ3) is 3.31. The fraction of sp³-hybridized carbons (Fsp3) is 0.0667. The molecule has 118 valence electrons. The molecule has 0 saturated heterocycles. The molecule has 23 heavy (non-hydrogen) atoms. The van der Waals surface area contributed by atoms with Crippen LogP contribution in [0, 0.1) is 5.82 Å². The number of aromatic nitrogens is 3. The van der Waals surface area contributed by atoms with Crippen LogP contribution < -0.4 is 4.74 Å². The minimum Gasteiger partial charge on any atom is -0.405 e. The van der Waals surface area contributed by atoms with Gasteiger partial charge in [-0.1, -0.05) is 24.3 Å². The molecule has 4 nitrogen and oxygen atoms in total. The molecule has 1 heterocycles. The van der Waals surface area contributed by atoms with E-state index >= 15 is 0 Å². The predicted octanol–water partition coefficient (Wildman–Crippen LogP) is 4.18. The van der Waals surface area contributed by atoms with E-state index < -0.39 is 12.2 Å². The van der Waals surface area contributed by atoms with E-state index in [4.69, 9.17) is 0 Å². The van der Waals surface area contributed by atoms with Crippen LogP contribution in [-0.2, 0) is 0 Å². The number of benzene rings is 2. The quantitative estimate of drug-likeness (QED) is 0.736. The number of rotatable bonds is 3. The van der Waals surface area contributed by atoms with Crippen molar-refractivity contribution in [3.63, 3.8) is 0 Å². The fourth-order valence-corrected chi connectivity index (χ4v) is 2.13. The minimum absolute atomic E-state index is 0.0989. The normalized spacial score (nSPS) is 11.5. The van der Waals surface area contributed by atoms with Crippen molar-refractivity contribution in [3.05, 3.63) is 54.6 Å². The van der Waals surface area contributed by atoms with E-state index in [1.807, 2.05) is 0 Å². The zero-order valence-corrected chi connectivity index (χ0v) is 11.4. The first kappa shape index (κ1) is 15.0. The molecule has 2 aromatic carbocycles. The summed E-state index contributed by atoms with van der Waals surface area (Å²) in [5.41, 5.74) is 0.644. The van der Waals surface area contributed by atoms with Crippen LogP contribution in [0.4, 0.5) is 17.6 Å². The van der Waals surface area contributed by atoms with Gasteiger partial charge in [-0.05, 0) is 23.8 Å². The maximum Gasteiger partial charge on any atom is 0.573 e. The van der Waals surface area contributed by atoms with Crippen molar-refractivity contribution < 1.29 is 22.3 Å². The zero-order chi connectivity index (χ0) is 16.4. The van der Waals surface area contributed by atoms with E-state index in [2.05, 4.69) is 19.9 Å². The van der Waals surface area contributed by atoms with E-state index in [9.17, 15) is 17.6 Å². The van der Waals surface area contributed by atoms with Gasteiger partial charge in [0.15, 0.2) is 5.82 Å². The maximum atomic E-state index is 13.9. The maximum absolute atomic E-state index is 13.9. The highest BCUT2D eigenvalue weighted by Gasteiger charge is 2.32. The summed E-state index contributed by atoms with van der Waals surface area (Å²) in [7, 11) is 0. The molecule has 0 saturated carbocycles. The van der Waals surface area contributed by atoms with E-state index in [1.165, 1.54) is 36.7 Å². The van der Waals surface area contributed by atoms with Crippen molar-refractivity contribution in [2.24, 2.45) is 0 Å².